The Bertz CT molecular complexity index is 588. The molecule has 1 unspecified atom stereocenters. The van der Waals surface area contributed by atoms with Crippen LogP contribution < -0.4 is 10.6 Å². The summed E-state index contributed by atoms with van der Waals surface area (Å²) >= 11 is 1.78. The predicted molar refractivity (Wildman–Crippen MR) is 106 cm³/mol. The molecular weight excluding hydrogens is 423 g/mol. The summed E-state index contributed by atoms with van der Waals surface area (Å²) in [4.78, 5) is 19.7. The quantitative estimate of drug-likeness (QED) is 0.415. The average Bonchev–Trinajstić information content (AvgIpc) is 3.07. The first kappa shape index (κ1) is 18.5. The van der Waals surface area contributed by atoms with E-state index in [1.54, 1.807) is 11.3 Å². The Morgan fingerprint density at radius 3 is 3.00 bits per heavy atom. The van der Waals surface area contributed by atoms with Crippen molar-refractivity contribution in [2.24, 2.45) is 10.4 Å². The zero-order valence-electron chi connectivity index (χ0n) is 13.7. The van der Waals surface area contributed by atoms with E-state index in [2.05, 4.69) is 38.9 Å². The number of thiophene rings is 1. The van der Waals surface area contributed by atoms with E-state index in [1.807, 2.05) is 7.05 Å². The fourth-order valence-corrected chi connectivity index (χ4v) is 4.35. The summed E-state index contributed by atoms with van der Waals surface area (Å²) in [6.45, 7) is 5.69. The number of rotatable bonds is 2. The van der Waals surface area contributed by atoms with E-state index in [4.69, 9.17) is 0 Å². The molecule has 3 rings (SSSR count). The van der Waals surface area contributed by atoms with Crippen LogP contribution in [0.5, 0.6) is 0 Å². The van der Waals surface area contributed by atoms with Gasteiger partial charge in [-0.1, -0.05) is 0 Å². The molecule has 23 heavy (non-hydrogen) atoms. The molecule has 2 aliphatic heterocycles. The van der Waals surface area contributed by atoms with Gasteiger partial charge in [0, 0.05) is 43.4 Å². The SMILES string of the molecule is CN=C(NCc1sccc1C)N1CCCC2(CNC(=O)C2)C1.I. The van der Waals surface area contributed by atoms with Crippen molar-refractivity contribution >= 4 is 47.2 Å². The van der Waals surface area contributed by atoms with Crippen molar-refractivity contribution in [3.63, 3.8) is 0 Å². The summed E-state index contributed by atoms with van der Waals surface area (Å²) in [6, 6.07) is 2.15. The summed E-state index contributed by atoms with van der Waals surface area (Å²) in [5, 5.41) is 8.60. The number of carbonyl (C=O) groups is 1. The summed E-state index contributed by atoms with van der Waals surface area (Å²) in [6.07, 6.45) is 2.90. The zero-order valence-corrected chi connectivity index (χ0v) is 16.9. The molecule has 1 amide bonds. The smallest absolute Gasteiger partial charge is 0.220 e. The lowest BCUT2D eigenvalue weighted by Crippen LogP contribution is -2.51. The monoisotopic (exact) mass is 448 g/mol. The highest BCUT2D eigenvalue weighted by Gasteiger charge is 2.42. The molecule has 128 valence electrons. The number of piperidine rings is 1. The largest absolute Gasteiger partial charge is 0.355 e. The Hall–Kier alpha value is -0.830. The van der Waals surface area contributed by atoms with Crippen LogP contribution in [0.2, 0.25) is 0 Å². The Balaban J connectivity index is 0.00000192. The lowest BCUT2D eigenvalue weighted by atomic mass is 9.79. The highest BCUT2D eigenvalue weighted by Crippen LogP contribution is 2.36. The number of hydrogen-bond acceptors (Lipinski definition) is 3. The second-order valence-electron chi connectivity index (χ2n) is 6.41. The van der Waals surface area contributed by atoms with Crippen LogP contribution in [0.4, 0.5) is 0 Å². The van der Waals surface area contributed by atoms with Gasteiger partial charge in [0.1, 0.15) is 0 Å². The van der Waals surface area contributed by atoms with Gasteiger partial charge in [0.2, 0.25) is 5.91 Å². The number of amides is 1. The van der Waals surface area contributed by atoms with Gasteiger partial charge in [0.15, 0.2) is 5.96 Å². The number of aryl methyl sites for hydroxylation is 1. The molecule has 2 fully saturated rings. The molecule has 2 aliphatic rings. The van der Waals surface area contributed by atoms with Gasteiger partial charge >= 0.3 is 0 Å². The van der Waals surface area contributed by atoms with Gasteiger partial charge in [-0.2, -0.15) is 0 Å². The van der Waals surface area contributed by atoms with E-state index in [-0.39, 0.29) is 35.3 Å². The maximum Gasteiger partial charge on any atom is 0.220 e. The van der Waals surface area contributed by atoms with Gasteiger partial charge in [0.25, 0.3) is 0 Å². The molecule has 1 spiro atoms. The van der Waals surface area contributed by atoms with Crippen molar-refractivity contribution in [1.82, 2.24) is 15.5 Å². The second kappa shape index (κ2) is 7.83. The van der Waals surface area contributed by atoms with Gasteiger partial charge in [-0.05, 0) is 36.8 Å². The molecule has 1 atom stereocenters. The van der Waals surface area contributed by atoms with Crippen LogP contribution in [0.15, 0.2) is 16.4 Å². The number of guanidine groups is 1. The normalized spacial score (nSPS) is 24.5. The van der Waals surface area contributed by atoms with Crippen LogP contribution in [-0.4, -0.2) is 43.4 Å². The molecule has 0 saturated carbocycles. The fourth-order valence-electron chi connectivity index (χ4n) is 3.51. The van der Waals surface area contributed by atoms with E-state index in [0.29, 0.717) is 6.42 Å². The first-order valence-corrected chi connectivity index (χ1v) is 8.75. The molecule has 5 nitrogen and oxygen atoms in total. The van der Waals surface area contributed by atoms with E-state index < -0.39 is 0 Å². The van der Waals surface area contributed by atoms with E-state index in [9.17, 15) is 4.79 Å². The molecule has 0 aromatic carbocycles. The van der Waals surface area contributed by atoms with Crippen molar-refractivity contribution in [2.45, 2.75) is 32.7 Å². The highest BCUT2D eigenvalue weighted by atomic mass is 127. The highest BCUT2D eigenvalue weighted by molar-refractivity contribution is 14.0. The number of carbonyl (C=O) groups excluding carboxylic acids is 1. The van der Waals surface area contributed by atoms with E-state index in [1.165, 1.54) is 10.4 Å². The average molecular weight is 448 g/mol. The Kier molecular flexibility index (Phi) is 6.30. The Morgan fingerprint density at radius 2 is 2.39 bits per heavy atom. The van der Waals surface area contributed by atoms with Gasteiger partial charge in [-0.15, -0.1) is 35.3 Å². The van der Waals surface area contributed by atoms with Gasteiger partial charge in [-0.25, -0.2) is 0 Å². The van der Waals surface area contributed by atoms with E-state index in [0.717, 1.165) is 45.0 Å². The summed E-state index contributed by atoms with van der Waals surface area (Å²) in [5.74, 6) is 1.14. The standard InChI is InChI=1S/C16H24N4OS.HI/c1-12-4-7-22-13(12)9-18-15(17-2)20-6-3-5-16(11-20)8-14(21)19-10-16;/h4,7H,3,5-6,8-11H2,1-2H3,(H,17,18)(H,19,21);1H. The Morgan fingerprint density at radius 1 is 1.57 bits per heavy atom. The van der Waals surface area contributed by atoms with E-state index >= 15 is 0 Å². The number of aliphatic imine (C=N–C) groups is 1. The minimum atomic E-state index is 0. The van der Waals surface area contributed by atoms with Crippen LogP contribution in [0.3, 0.4) is 0 Å². The van der Waals surface area contributed by atoms with Crippen LogP contribution in [0, 0.1) is 12.3 Å². The molecule has 0 radical (unpaired) electrons. The lowest BCUT2D eigenvalue weighted by molar-refractivity contribution is -0.119. The molecule has 2 saturated heterocycles. The number of hydrogen-bond donors (Lipinski definition) is 2. The van der Waals surface area contributed by atoms with Gasteiger partial charge in [-0.3, -0.25) is 9.79 Å². The lowest BCUT2D eigenvalue weighted by Gasteiger charge is -2.40. The number of nitrogens with one attached hydrogen (secondary N) is 2. The van der Waals surface area contributed by atoms with Crippen molar-refractivity contribution in [2.75, 3.05) is 26.7 Å². The van der Waals surface area contributed by atoms with Crippen molar-refractivity contribution in [1.29, 1.82) is 0 Å². The summed E-state index contributed by atoms with van der Waals surface area (Å²) in [5.41, 5.74) is 1.43. The molecule has 0 bridgehead atoms. The Labute approximate surface area is 158 Å². The van der Waals surface area contributed by atoms with Gasteiger partial charge < -0.3 is 15.5 Å². The summed E-state index contributed by atoms with van der Waals surface area (Å²) < 4.78 is 0. The molecule has 1 aromatic heterocycles. The number of nitrogens with zero attached hydrogens (tertiary/aromatic N) is 2. The van der Waals surface area contributed by atoms with Crippen LogP contribution >= 0.6 is 35.3 Å². The zero-order chi connectivity index (χ0) is 15.6. The van der Waals surface area contributed by atoms with Crippen LogP contribution in [0.1, 0.15) is 29.7 Å². The fraction of sp³-hybridized carbons (Fsp3) is 0.625. The molecule has 1 aromatic rings. The molecule has 7 heteroatoms. The third-order valence-corrected chi connectivity index (χ3v) is 5.77. The topological polar surface area (TPSA) is 56.7 Å². The number of halogens is 1. The second-order valence-corrected chi connectivity index (χ2v) is 7.41. The van der Waals surface area contributed by atoms with Crippen LogP contribution in [0.25, 0.3) is 0 Å². The van der Waals surface area contributed by atoms with Crippen molar-refractivity contribution in [3.05, 3.63) is 21.9 Å². The minimum absolute atomic E-state index is 0. The number of likely N-dealkylation sites (tertiary alicyclic amines) is 1. The maximum atomic E-state index is 11.6. The van der Waals surface area contributed by atoms with Crippen LogP contribution in [-0.2, 0) is 11.3 Å². The third-order valence-electron chi connectivity index (χ3n) is 4.74. The molecule has 0 aliphatic carbocycles. The van der Waals surface area contributed by atoms with Crippen molar-refractivity contribution < 1.29 is 4.79 Å². The summed E-state index contributed by atoms with van der Waals surface area (Å²) in [7, 11) is 1.84. The molecule has 3 heterocycles. The maximum absolute atomic E-state index is 11.6. The predicted octanol–water partition coefficient (Wildman–Crippen LogP) is 2.35. The molecular formula is C16H25IN4OS. The van der Waals surface area contributed by atoms with Crippen molar-refractivity contribution in [3.8, 4) is 0 Å². The third kappa shape index (κ3) is 4.17. The van der Waals surface area contributed by atoms with Gasteiger partial charge in [0.05, 0.1) is 6.54 Å². The first-order chi connectivity index (χ1) is 10.6. The first-order valence-electron chi connectivity index (χ1n) is 7.87. The minimum Gasteiger partial charge on any atom is -0.355 e. The molecule has 2 N–H and O–H groups in total.